The molecule has 86 valence electrons. The molecule has 5 heteroatoms. The highest BCUT2D eigenvalue weighted by molar-refractivity contribution is 5.73. The van der Waals surface area contributed by atoms with Crippen LogP contribution in [0.5, 0.6) is 0 Å². The molecule has 0 saturated carbocycles. The molecule has 0 radical (unpaired) electrons. The van der Waals surface area contributed by atoms with E-state index < -0.39 is 12.0 Å². The van der Waals surface area contributed by atoms with Crippen molar-refractivity contribution < 1.29 is 19.0 Å². The smallest absolute Gasteiger partial charge is 0.323 e. The van der Waals surface area contributed by atoms with E-state index in [1.807, 2.05) is 0 Å². The van der Waals surface area contributed by atoms with Crippen LogP contribution in [0.3, 0.4) is 0 Å². The zero-order valence-corrected chi connectivity index (χ0v) is 8.52. The fourth-order valence-electron chi connectivity index (χ4n) is 1.70. The minimum Gasteiger partial charge on any atom is -0.480 e. The molecule has 2 atom stereocenters. The number of morpholine rings is 1. The van der Waals surface area contributed by atoms with Gasteiger partial charge in [0.2, 0.25) is 0 Å². The first-order valence-corrected chi connectivity index (χ1v) is 4.99. The Labute approximate surface area is 92.0 Å². The Morgan fingerprint density at radius 1 is 1.50 bits per heavy atom. The number of hydrogen-bond acceptors (Lipinski definition) is 3. The molecule has 1 saturated heterocycles. The van der Waals surface area contributed by atoms with Gasteiger partial charge in [-0.25, -0.2) is 4.39 Å². The van der Waals surface area contributed by atoms with Gasteiger partial charge in [-0.15, -0.1) is 0 Å². The zero-order chi connectivity index (χ0) is 11.5. The minimum atomic E-state index is -0.957. The van der Waals surface area contributed by atoms with Gasteiger partial charge in [0.1, 0.15) is 11.9 Å². The summed E-state index contributed by atoms with van der Waals surface area (Å²) in [5.41, 5.74) is 0.700. The maximum Gasteiger partial charge on any atom is 0.323 e. The van der Waals surface area contributed by atoms with Crippen molar-refractivity contribution in [2.45, 2.75) is 12.1 Å². The quantitative estimate of drug-likeness (QED) is 0.786. The molecule has 0 aliphatic carbocycles. The van der Waals surface area contributed by atoms with Crippen molar-refractivity contribution in [3.63, 3.8) is 0 Å². The largest absolute Gasteiger partial charge is 0.480 e. The van der Waals surface area contributed by atoms with Crippen molar-refractivity contribution in [1.29, 1.82) is 0 Å². The molecule has 2 N–H and O–H groups in total. The van der Waals surface area contributed by atoms with Gasteiger partial charge in [0.15, 0.2) is 0 Å². The van der Waals surface area contributed by atoms with Crippen molar-refractivity contribution in [3.05, 3.63) is 35.6 Å². The van der Waals surface area contributed by atoms with Crippen LogP contribution in [0, 0.1) is 5.82 Å². The van der Waals surface area contributed by atoms with E-state index in [0.717, 1.165) is 0 Å². The molecule has 1 heterocycles. The number of hydrogen-bond donors (Lipinski definition) is 2. The minimum absolute atomic E-state index is 0.140. The standard InChI is InChI=1S/C11H12FNO3/c12-8-3-1-2-7(4-8)9-5-16-6-10(13-9)11(14)15/h1-4,9-10,13H,5-6H2,(H,14,15). The van der Waals surface area contributed by atoms with Crippen LogP contribution in [-0.4, -0.2) is 30.3 Å². The van der Waals surface area contributed by atoms with Crippen LogP contribution < -0.4 is 5.32 Å². The number of halogens is 1. The van der Waals surface area contributed by atoms with Crippen LogP contribution in [0.2, 0.25) is 0 Å². The number of carboxylic acids is 1. The number of benzene rings is 1. The van der Waals surface area contributed by atoms with Crippen LogP contribution in [0.25, 0.3) is 0 Å². The number of ether oxygens (including phenoxy) is 1. The Morgan fingerprint density at radius 3 is 3.00 bits per heavy atom. The second-order valence-electron chi connectivity index (χ2n) is 3.70. The number of nitrogens with one attached hydrogen (secondary N) is 1. The first-order chi connectivity index (χ1) is 7.66. The fraction of sp³-hybridized carbons (Fsp3) is 0.364. The molecule has 1 fully saturated rings. The summed E-state index contributed by atoms with van der Waals surface area (Å²) >= 11 is 0. The monoisotopic (exact) mass is 225 g/mol. The zero-order valence-electron chi connectivity index (χ0n) is 8.52. The van der Waals surface area contributed by atoms with Gasteiger partial charge in [0.25, 0.3) is 0 Å². The number of carbonyl (C=O) groups is 1. The molecule has 2 rings (SSSR count). The summed E-state index contributed by atoms with van der Waals surface area (Å²) in [6.45, 7) is 0.494. The molecule has 4 nitrogen and oxygen atoms in total. The summed E-state index contributed by atoms with van der Waals surface area (Å²) < 4.78 is 18.2. The first kappa shape index (κ1) is 11.0. The van der Waals surface area contributed by atoms with Gasteiger partial charge in [-0.3, -0.25) is 10.1 Å². The molecule has 1 aliphatic rings. The summed E-state index contributed by atoms with van der Waals surface area (Å²) in [6.07, 6.45) is 0. The highest BCUT2D eigenvalue weighted by atomic mass is 19.1. The molecule has 0 aromatic heterocycles. The first-order valence-electron chi connectivity index (χ1n) is 4.99. The fourth-order valence-corrected chi connectivity index (χ4v) is 1.70. The average molecular weight is 225 g/mol. The summed E-state index contributed by atoms with van der Waals surface area (Å²) in [4.78, 5) is 10.8. The van der Waals surface area contributed by atoms with Crippen LogP contribution >= 0.6 is 0 Å². The highest BCUT2D eigenvalue weighted by Gasteiger charge is 2.27. The van der Waals surface area contributed by atoms with Gasteiger partial charge in [-0.2, -0.15) is 0 Å². The van der Waals surface area contributed by atoms with E-state index in [-0.39, 0.29) is 18.5 Å². The van der Waals surface area contributed by atoms with Crippen molar-refractivity contribution in [2.24, 2.45) is 0 Å². The van der Waals surface area contributed by atoms with Gasteiger partial charge in [-0.05, 0) is 17.7 Å². The van der Waals surface area contributed by atoms with E-state index >= 15 is 0 Å². The molecular weight excluding hydrogens is 213 g/mol. The van der Waals surface area contributed by atoms with E-state index in [0.29, 0.717) is 12.2 Å². The topological polar surface area (TPSA) is 58.6 Å². The second kappa shape index (κ2) is 4.59. The van der Waals surface area contributed by atoms with Crippen molar-refractivity contribution in [2.75, 3.05) is 13.2 Å². The molecule has 1 aliphatic heterocycles. The van der Waals surface area contributed by atoms with Crippen LogP contribution in [0.15, 0.2) is 24.3 Å². The SMILES string of the molecule is O=C(O)C1COCC(c2cccc(F)c2)N1. The average Bonchev–Trinajstić information content (AvgIpc) is 2.29. The molecule has 16 heavy (non-hydrogen) atoms. The van der Waals surface area contributed by atoms with E-state index in [9.17, 15) is 9.18 Å². The number of aliphatic carboxylic acids is 1. The third kappa shape index (κ3) is 2.37. The Balaban J connectivity index is 2.12. The molecule has 0 spiro atoms. The predicted molar refractivity (Wildman–Crippen MR) is 54.5 cm³/mol. The second-order valence-corrected chi connectivity index (χ2v) is 3.70. The van der Waals surface area contributed by atoms with Gasteiger partial charge in [0.05, 0.1) is 19.3 Å². The third-order valence-electron chi connectivity index (χ3n) is 2.52. The predicted octanol–water partition coefficient (Wildman–Crippen LogP) is 0.940. The number of rotatable bonds is 2. The van der Waals surface area contributed by atoms with E-state index in [1.54, 1.807) is 12.1 Å². The molecule has 0 amide bonds. The summed E-state index contributed by atoms with van der Waals surface area (Å²) in [5, 5.41) is 11.7. The van der Waals surface area contributed by atoms with Gasteiger partial charge >= 0.3 is 5.97 Å². The summed E-state index contributed by atoms with van der Waals surface area (Å²) in [5.74, 6) is -1.29. The molecule has 1 aromatic rings. The normalized spacial score (nSPS) is 25.3. The third-order valence-corrected chi connectivity index (χ3v) is 2.52. The maximum atomic E-state index is 13.0. The Kier molecular flexibility index (Phi) is 3.17. The lowest BCUT2D eigenvalue weighted by atomic mass is 10.1. The molecule has 0 bridgehead atoms. The molecular formula is C11H12FNO3. The maximum absolute atomic E-state index is 13.0. The number of carboxylic acid groups (broad SMARTS) is 1. The highest BCUT2D eigenvalue weighted by Crippen LogP contribution is 2.18. The van der Waals surface area contributed by atoms with Gasteiger partial charge < -0.3 is 9.84 Å². The summed E-state index contributed by atoms with van der Waals surface area (Å²) in [7, 11) is 0. The Bertz CT molecular complexity index is 397. The summed E-state index contributed by atoms with van der Waals surface area (Å²) in [6, 6.07) is 5.06. The lowest BCUT2D eigenvalue weighted by Gasteiger charge is -2.29. The van der Waals surface area contributed by atoms with Crippen LogP contribution in [-0.2, 0) is 9.53 Å². The van der Waals surface area contributed by atoms with Crippen LogP contribution in [0.1, 0.15) is 11.6 Å². The Morgan fingerprint density at radius 2 is 2.31 bits per heavy atom. The Hall–Kier alpha value is -1.46. The van der Waals surface area contributed by atoms with E-state index in [2.05, 4.69) is 5.32 Å². The van der Waals surface area contributed by atoms with Crippen molar-refractivity contribution >= 4 is 5.97 Å². The van der Waals surface area contributed by atoms with Gasteiger partial charge in [0, 0.05) is 0 Å². The van der Waals surface area contributed by atoms with E-state index in [1.165, 1.54) is 12.1 Å². The molecule has 1 aromatic carbocycles. The van der Waals surface area contributed by atoms with Crippen molar-refractivity contribution in [1.82, 2.24) is 5.32 Å². The lowest BCUT2D eigenvalue weighted by molar-refractivity contribution is -0.143. The van der Waals surface area contributed by atoms with E-state index in [4.69, 9.17) is 9.84 Å². The van der Waals surface area contributed by atoms with Crippen molar-refractivity contribution in [3.8, 4) is 0 Å². The molecule has 2 unspecified atom stereocenters. The lowest BCUT2D eigenvalue weighted by Crippen LogP contribution is -2.48. The van der Waals surface area contributed by atoms with Crippen LogP contribution in [0.4, 0.5) is 4.39 Å². The van der Waals surface area contributed by atoms with Gasteiger partial charge in [-0.1, -0.05) is 12.1 Å².